The van der Waals surface area contributed by atoms with E-state index in [1.165, 1.54) is 54.8 Å². The molecule has 2 aliphatic carbocycles. The summed E-state index contributed by atoms with van der Waals surface area (Å²) < 4.78 is 34.0. The first kappa shape index (κ1) is 81.9. The van der Waals surface area contributed by atoms with Crippen molar-refractivity contribution in [2.24, 2.45) is 0 Å². The summed E-state index contributed by atoms with van der Waals surface area (Å²) in [6.45, 7) is 16.9. The predicted molar refractivity (Wildman–Crippen MR) is 437 cm³/mol. The molecule has 30 heteroatoms. The zero-order valence-electron chi connectivity index (χ0n) is 61.2. The van der Waals surface area contributed by atoms with Crippen molar-refractivity contribution in [2.45, 2.75) is 114 Å². The number of ether oxygens (including phenoxy) is 6. The van der Waals surface area contributed by atoms with Crippen LogP contribution in [-0.2, 0) is 20.9 Å². The van der Waals surface area contributed by atoms with Gasteiger partial charge in [-0.15, -0.1) is 6.42 Å². The van der Waals surface area contributed by atoms with E-state index in [-0.39, 0.29) is 63.7 Å². The Morgan fingerprint density at radius 3 is 1.52 bits per heavy atom. The highest BCUT2D eigenvalue weighted by Gasteiger charge is 2.33. The van der Waals surface area contributed by atoms with Gasteiger partial charge in [0.05, 0.1) is 112 Å². The van der Waals surface area contributed by atoms with E-state index in [0.717, 1.165) is 91.9 Å². The fourth-order valence-electron chi connectivity index (χ4n) is 13.6. The number of pyridine rings is 2. The molecule has 2 saturated carbocycles. The first-order valence-corrected chi connectivity index (χ1v) is 37.5. The number of hydrogen-bond donors (Lipinski definition) is 6. The monoisotopic (exact) mass is 1620 g/mol. The van der Waals surface area contributed by atoms with Gasteiger partial charge in [0.15, 0.2) is 0 Å². The molecule has 109 heavy (non-hydrogen) atoms. The molecule has 1 aliphatic heterocycles. The van der Waals surface area contributed by atoms with E-state index in [0.29, 0.717) is 135 Å². The molecule has 4 aromatic heterocycles. The minimum absolute atomic E-state index is 0.00464. The SMILES string of the molecule is C#CC(=O)N[C@H]1CCCC[C@H]1Nc1cc2c(cn1)cc(-c1c(Cl)c(OC)cc(OC)c1Cl)c(=O)n2CC.C=CC(=O)N[C@@H]1CCN(C(=C)C)C[C@@H]1Nc1ncc2cc(-c3c(Cl)c(OC)cc(OC)c3Cl)ccc2n1.C=CC(=O)N[C@H]1CCCC[C@H]1Nc1ncc2cc(-c3c(Cl)c(OC)cc(OC)c3Cl)cc(Cl)c2n1. The average molecular weight is 1620 g/mol. The summed E-state index contributed by atoms with van der Waals surface area (Å²) in [7, 11) is 9.08. The number of likely N-dealkylation sites (tertiary alicyclic amines) is 1. The molecule has 3 aliphatic rings. The molecule has 572 valence electrons. The number of nitrogens with one attached hydrogen (secondary N) is 6. The van der Waals surface area contributed by atoms with Crippen molar-refractivity contribution in [3.63, 3.8) is 0 Å². The number of allylic oxidation sites excluding steroid dienone is 1. The van der Waals surface area contributed by atoms with Gasteiger partial charge in [-0.3, -0.25) is 19.2 Å². The van der Waals surface area contributed by atoms with Crippen molar-refractivity contribution in [1.29, 1.82) is 0 Å². The Morgan fingerprint density at radius 1 is 0.550 bits per heavy atom. The van der Waals surface area contributed by atoms with Crippen LogP contribution < -0.4 is 65.9 Å². The van der Waals surface area contributed by atoms with Gasteiger partial charge >= 0.3 is 0 Å². The van der Waals surface area contributed by atoms with Gasteiger partial charge in [-0.25, -0.2) is 24.9 Å². The van der Waals surface area contributed by atoms with Crippen molar-refractivity contribution in [1.82, 2.24) is 50.3 Å². The number of carbonyl (C=O) groups is 3. The van der Waals surface area contributed by atoms with Crippen LogP contribution in [0.15, 0.2) is 122 Å². The first-order valence-electron chi connectivity index (χ1n) is 34.8. The third-order valence-corrected chi connectivity index (χ3v) is 21.7. The highest BCUT2D eigenvalue weighted by atomic mass is 35.5. The number of amides is 3. The summed E-state index contributed by atoms with van der Waals surface area (Å²) in [5.74, 6) is 5.27. The molecule has 5 aromatic carbocycles. The second-order valence-electron chi connectivity index (χ2n) is 25.8. The lowest BCUT2D eigenvalue weighted by atomic mass is 9.90. The summed E-state index contributed by atoms with van der Waals surface area (Å²) in [6, 6.07) is 17.4. The van der Waals surface area contributed by atoms with Gasteiger partial charge in [-0.05, 0) is 105 Å². The largest absolute Gasteiger partial charge is 0.495 e. The summed E-state index contributed by atoms with van der Waals surface area (Å²) in [5, 5.41) is 23.7. The van der Waals surface area contributed by atoms with Crippen molar-refractivity contribution in [3.8, 4) is 80.2 Å². The number of methoxy groups -OCH3 is 6. The van der Waals surface area contributed by atoms with Crippen LogP contribution >= 0.6 is 81.2 Å². The smallest absolute Gasteiger partial charge is 0.295 e. The second-order valence-corrected chi connectivity index (χ2v) is 28.5. The number of piperidine rings is 1. The number of rotatable bonds is 22. The van der Waals surface area contributed by atoms with E-state index in [4.69, 9.17) is 121 Å². The fraction of sp³-hybridized carbons (Fsp3) is 0.329. The number of anilines is 3. The third kappa shape index (κ3) is 18.6. The fourth-order valence-corrected chi connectivity index (χ4v) is 16.0. The normalized spacial score (nSPS) is 17.4. The molecular formula is C79H82Cl7N13O10. The predicted octanol–water partition coefficient (Wildman–Crippen LogP) is 16.5. The van der Waals surface area contributed by atoms with E-state index in [1.54, 1.807) is 53.5 Å². The maximum Gasteiger partial charge on any atom is 0.295 e. The summed E-state index contributed by atoms with van der Waals surface area (Å²) in [4.78, 5) is 74.5. The van der Waals surface area contributed by atoms with E-state index < -0.39 is 5.91 Å². The van der Waals surface area contributed by atoms with E-state index >= 15 is 0 Å². The number of carbonyl (C=O) groups excluding carboxylic acids is 3. The molecule has 6 N–H and O–H groups in total. The number of nitrogens with zero attached hydrogens (tertiary/aromatic N) is 7. The molecule has 9 aromatic rings. The molecule has 5 heterocycles. The Labute approximate surface area is 666 Å². The Bertz CT molecular complexity index is 5000. The van der Waals surface area contributed by atoms with Crippen molar-refractivity contribution in [3.05, 3.63) is 162 Å². The topological polar surface area (TPSA) is 268 Å². The number of aromatic nitrogens is 6. The van der Waals surface area contributed by atoms with Crippen molar-refractivity contribution in [2.75, 3.05) is 71.7 Å². The maximum absolute atomic E-state index is 13.7. The minimum Gasteiger partial charge on any atom is -0.495 e. The zero-order valence-corrected chi connectivity index (χ0v) is 66.5. The molecule has 0 radical (unpaired) electrons. The van der Waals surface area contributed by atoms with Crippen molar-refractivity contribution < 1.29 is 42.8 Å². The molecule has 23 nitrogen and oxygen atoms in total. The van der Waals surface area contributed by atoms with Crippen LogP contribution in [0.4, 0.5) is 17.7 Å². The second kappa shape index (κ2) is 37.2. The number of aryl methyl sites for hydroxylation is 1. The number of fused-ring (bicyclic) bond motifs is 3. The molecule has 0 unspecified atom stereocenters. The van der Waals surface area contributed by atoms with Crippen molar-refractivity contribution >= 4 is 149 Å². The highest BCUT2D eigenvalue weighted by molar-refractivity contribution is 6.43. The van der Waals surface area contributed by atoms with Gasteiger partial charge in [0, 0.05) is 125 Å². The first-order chi connectivity index (χ1) is 52.4. The summed E-state index contributed by atoms with van der Waals surface area (Å²) in [5.41, 5.74) is 5.99. The standard InChI is InChI=1S/C27H29Cl2N5O3.C27H28Cl2N4O4.C25H25Cl3N4O3/c1-6-23(35)31-19-9-10-34(15(2)3)14-20(19)33-27-30-13-17-11-16(7-8-18(17)32-27)24-25(28)21(36-4)12-22(37-5)26(24)29;1-5-23(34)32-18-10-8-7-9-17(18)31-22-12-19-15(14-30-22)11-16(27(35)33(19)6-2)24-25(28)20(36-3)13-21(37-4)26(24)29;1-4-20(33)30-16-7-5-6-8-17(16)31-25-29-12-14-9-13(10-15(26)24(14)32-25)21-22(27)18(34-2)11-19(35-3)23(21)28/h6-8,11-13,19-20H,1-2,9-10,14H2,3-5H3,(H,31,35)(H,30,32,33);1,11-14,17-18H,6-10H2,2-4H3,(H,30,31)(H,32,34);4,9-12,16-17H,1,5-8H2,2-3H3,(H,30,33)(H,29,31,32)/t19-,20+;17-,18+;16-,17+/m110/s1. The Balaban J connectivity index is 0.000000174. The zero-order chi connectivity index (χ0) is 78.5. The lowest BCUT2D eigenvalue weighted by Gasteiger charge is -2.40. The van der Waals surface area contributed by atoms with Gasteiger partial charge in [0.1, 0.15) is 40.3 Å². The van der Waals surface area contributed by atoms with Gasteiger partial charge in [-0.1, -0.05) is 133 Å². The van der Waals surface area contributed by atoms with Crippen LogP contribution in [0.25, 0.3) is 66.1 Å². The van der Waals surface area contributed by atoms with Gasteiger partial charge < -0.3 is 69.8 Å². The van der Waals surface area contributed by atoms with Gasteiger partial charge in [-0.2, -0.15) is 0 Å². The molecule has 12 rings (SSSR count). The third-order valence-electron chi connectivity index (χ3n) is 19.2. The molecular weight excluding hydrogens is 1540 g/mol. The summed E-state index contributed by atoms with van der Waals surface area (Å²) >= 11 is 46.3. The number of halogens is 7. The van der Waals surface area contributed by atoms with Crippen LogP contribution in [-0.4, -0.2) is 144 Å². The lowest BCUT2D eigenvalue weighted by molar-refractivity contribution is -0.118. The van der Waals surface area contributed by atoms with E-state index in [9.17, 15) is 19.2 Å². The molecule has 0 bridgehead atoms. The van der Waals surface area contributed by atoms with Gasteiger partial charge in [0.2, 0.25) is 23.7 Å². The minimum atomic E-state index is -0.427. The Hall–Kier alpha value is -9.64. The average Bonchev–Trinajstić information content (AvgIpc) is 0.761. The maximum atomic E-state index is 13.7. The summed E-state index contributed by atoms with van der Waals surface area (Å²) in [6.07, 6.45) is 21.3. The molecule has 3 amide bonds. The van der Waals surface area contributed by atoms with Gasteiger partial charge in [0.25, 0.3) is 11.5 Å². The quantitative estimate of drug-likeness (QED) is 0.0272. The van der Waals surface area contributed by atoms with Crippen LogP contribution in [0.1, 0.15) is 71.6 Å². The Kier molecular flexibility index (Phi) is 27.9. The molecule has 0 spiro atoms. The molecule has 1 saturated heterocycles. The van der Waals surface area contributed by atoms with Crippen LogP contribution in [0.5, 0.6) is 34.5 Å². The lowest BCUT2D eigenvalue weighted by Crippen LogP contribution is -2.56. The number of terminal acetylenes is 1. The molecule has 6 atom stereocenters. The van der Waals surface area contributed by atoms with Crippen LogP contribution in [0.3, 0.4) is 0 Å². The Morgan fingerprint density at radius 2 is 1.01 bits per heavy atom. The van der Waals surface area contributed by atoms with E-state index in [2.05, 4.69) is 82.4 Å². The molecule has 3 fully saturated rings. The number of hydrogen-bond acceptors (Lipinski definition) is 19. The van der Waals surface area contributed by atoms with Crippen LogP contribution in [0, 0.1) is 12.3 Å². The van der Waals surface area contributed by atoms with E-state index in [1.807, 2.05) is 44.2 Å². The number of benzene rings is 5. The van der Waals surface area contributed by atoms with Crippen LogP contribution in [0.2, 0.25) is 35.2 Å². The highest BCUT2D eigenvalue weighted by Crippen LogP contribution is 2.50.